The molecule has 1 unspecified atom stereocenters. The minimum atomic E-state index is 0.192. The number of amides is 1. The van der Waals surface area contributed by atoms with E-state index in [-0.39, 0.29) is 17.7 Å². The second kappa shape index (κ2) is 4.98. The Morgan fingerprint density at radius 2 is 1.88 bits per heavy atom. The first kappa shape index (κ1) is 11.6. The normalized spacial score (nSPS) is 25.6. The maximum Gasteiger partial charge on any atom is 0.223 e. The monoisotopic (exact) mass is 223 g/mol. The molecule has 3 nitrogen and oxygen atoms in total. The SMILES string of the molecule is CC(=O)CC1CCCCN1C(=O)CC1CC1. The lowest BCUT2D eigenvalue weighted by atomic mass is 9.97. The fourth-order valence-corrected chi connectivity index (χ4v) is 2.56. The molecule has 0 N–H and O–H groups in total. The third kappa shape index (κ3) is 3.06. The number of nitrogens with zero attached hydrogens (tertiary/aromatic N) is 1. The average Bonchev–Trinajstić information content (AvgIpc) is 3.01. The van der Waals surface area contributed by atoms with Crippen LogP contribution in [-0.4, -0.2) is 29.2 Å². The van der Waals surface area contributed by atoms with Crippen LogP contribution in [-0.2, 0) is 9.59 Å². The highest BCUT2D eigenvalue weighted by Crippen LogP contribution is 2.34. The fraction of sp³-hybridized carbons (Fsp3) is 0.846. The van der Waals surface area contributed by atoms with Crippen molar-refractivity contribution in [3.8, 4) is 0 Å². The van der Waals surface area contributed by atoms with Gasteiger partial charge >= 0.3 is 0 Å². The highest BCUT2D eigenvalue weighted by molar-refractivity contribution is 5.80. The van der Waals surface area contributed by atoms with E-state index >= 15 is 0 Å². The fourth-order valence-electron chi connectivity index (χ4n) is 2.56. The first-order valence-electron chi connectivity index (χ1n) is 6.45. The molecule has 0 bridgehead atoms. The predicted octanol–water partition coefficient (Wildman–Crippen LogP) is 2.15. The van der Waals surface area contributed by atoms with Gasteiger partial charge in [-0.2, -0.15) is 0 Å². The lowest BCUT2D eigenvalue weighted by molar-refractivity contribution is -0.136. The van der Waals surface area contributed by atoms with Gasteiger partial charge in [-0.15, -0.1) is 0 Å². The largest absolute Gasteiger partial charge is 0.339 e. The maximum absolute atomic E-state index is 12.1. The van der Waals surface area contributed by atoms with Crippen molar-refractivity contribution in [2.45, 2.75) is 57.9 Å². The lowest BCUT2D eigenvalue weighted by Crippen LogP contribution is -2.44. The van der Waals surface area contributed by atoms with E-state index in [4.69, 9.17) is 0 Å². The Morgan fingerprint density at radius 3 is 2.50 bits per heavy atom. The van der Waals surface area contributed by atoms with Gasteiger partial charge < -0.3 is 4.90 Å². The second-order valence-electron chi connectivity index (χ2n) is 5.29. The highest BCUT2D eigenvalue weighted by Gasteiger charge is 2.31. The molecule has 0 aromatic rings. The van der Waals surface area contributed by atoms with Crippen molar-refractivity contribution < 1.29 is 9.59 Å². The van der Waals surface area contributed by atoms with Gasteiger partial charge in [-0.05, 0) is 44.9 Å². The molecule has 90 valence electrons. The summed E-state index contributed by atoms with van der Waals surface area (Å²) in [6.45, 7) is 2.49. The van der Waals surface area contributed by atoms with Crippen LogP contribution in [0.2, 0.25) is 0 Å². The number of carbonyl (C=O) groups excluding carboxylic acids is 2. The van der Waals surface area contributed by atoms with Crippen LogP contribution >= 0.6 is 0 Å². The topological polar surface area (TPSA) is 37.4 Å². The molecule has 0 aromatic carbocycles. The smallest absolute Gasteiger partial charge is 0.223 e. The van der Waals surface area contributed by atoms with Crippen molar-refractivity contribution in [1.82, 2.24) is 4.90 Å². The summed E-state index contributed by atoms with van der Waals surface area (Å²) in [6.07, 6.45) is 6.98. The number of piperidine rings is 1. The van der Waals surface area contributed by atoms with Gasteiger partial charge in [-0.1, -0.05) is 0 Å². The standard InChI is InChI=1S/C13H21NO2/c1-10(15)8-12-4-2-3-7-14(12)13(16)9-11-5-6-11/h11-12H,2-9H2,1H3. The van der Waals surface area contributed by atoms with Crippen LogP contribution in [0.25, 0.3) is 0 Å². The summed E-state index contributed by atoms with van der Waals surface area (Å²) < 4.78 is 0. The van der Waals surface area contributed by atoms with Crippen molar-refractivity contribution in [2.75, 3.05) is 6.54 Å². The first-order chi connectivity index (χ1) is 7.66. The molecule has 1 aliphatic heterocycles. The molecular formula is C13H21NO2. The van der Waals surface area contributed by atoms with Gasteiger partial charge in [0.25, 0.3) is 0 Å². The third-order valence-electron chi connectivity index (χ3n) is 3.63. The third-order valence-corrected chi connectivity index (χ3v) is 3.63. The van der Waals surface area contributed by atoms with E-state index in [1.807, 2.05) is 4.90 Å². The summed E-state index contributed by atoms with van der Waals surface area (Å²) in [4.78, 5) is 25.2. The Labute approximate surface area is 97.2 Å². The van der Waals surface area contributed by atoms with Crippen molar-refractivity contribution in [3.05, 3.63) is 0 Å². The maximum atomic E-state index is 12.1. The summed E-state index contributed by atoms with van der Waals surface area (Å²) in [5, 5.41) is 0. The van der Waals surface area contributed by atoms with Crippen LogP contribution in [0, 0.1) is 5.92 Å². The Balaban J connectivity index is 1.91. The van der Waals surface area contributed by atoms with Gasteiger partial charge in [0.1, 0.15) is 5.78 Å². The quantitative estimate of drug-likeness (QED) is 0.732. The molecule has 16 heavy (non-hydrogen) atoms. The van der Waals surface area contributed by atoms with E-state index in [0.29, 0.717) is 18.8 Å². The molecule has 3 heteroatoms. The number of ketones is 1. The second-order valence-corrected chi connectivity index (χ2v) is 5.29. The van der Waals surface area contributed by atoms with Crippen LogP contribution in [0.1, 0.15) is 51.9 Å². The molecule has 2 aliphatic rings. The van der Waals surface area contributed by atoms with Crippen LogP contribution in [0.5, 0.6) is 0 Å². The Bertz CT molecular complexity index is 284. The summed E-state index contributed by atoms with van der Waals surface area (Å²) in [5.41, 5.74) is 0. The summed E-state index contributed by atoms with van der Waals surface area (Å²) in [5.74, 6) is 1.14. The van der Waals surface area contributed by atoms with Crippen molar-refractivity contribution in [2.24, 2.45) is 5.92 Å². The molecule has 1 saturated carbocycles. The van der Waals surface area contributed by atoms with E-state index in [2.05, 4.69) is 0 Å². The molecular weight excluding hydrogens is 202 g/mol. The van der Waals surface area contributed by atoms with Gasteiger partial charge in [0, 0.05) is 25.4 Å². The molecule has 1 aliphatic carbocycles. The molecule has 2 rings (SSSR count). The number of rotatable bonds is 4. The zero-order valence-corrected chi connectivity index (χ0v) is 10.1. The van der Waals surface area contributed by atoms with Gasteiger partial charge in [-0.25, -0.2) is 0 Å². The van der Waals surface area contributed by atoms with Crippen molar-refractivity contribution >= 4 is 11.7 Å². The molecule has 0 radical (unpaired) electrons. The molecule has 1 saturated heterocycles. The van der Waals surface area contributed by atoms with Crippen LogP contribution < -0.4 is 0 Å². The van der Waals surface area contributed by atoms with Gasteiger partial charge in [0.15, 0.2) is 0 Å². The molecule has 0 spiro atoms. The number of carbonyl (C=O) groups is 2. The summed E-state index contributed by atoms with van der Waals surface area (Å²) in [7, 11) is 0. The first-order valence-corrected chi connectivity index (χ1v) is 6.45. The molecule has 1 heterocycles. The predicted molar refractivity (Wildman–Crippen MR) is 62.0 cm³/mol. The molecule has 0 aromatic heterocycles. The molecule has 1 atom stereocenters. The van der Waals surface area contributed by atoms with Crippen LogP contribution in [0.15, 0.2) is 0 Å². The highest BCUT2D eigenvalue weighted by atomic mass is 16.2. The van der Waals surface area contributed by atoms with Gasteiger partial charge in [-0.3, -0.25) is 9.59 Å². The van der Waals surface area contributed by atoms with E-state index < -0.39 is 0 Å². The van der Waals surface area contributed by atoms with Gasteiger partial charge in [0.2, 0.25) is 5.91 Å². The zero-order valence-electron chi connectivity index (χ0n) is 10.1. The van der Waals surface area contributed by atoms with Crippen LogP contribution in [0.3, 0.4) is 0 Å². The Kier molecular flexibility index (Phi) is 3.62. The minimum Gasteiger partial charge on any atom is -0.339 e. The summed E-state index contributed by atoms with van der Waals surface area (Å²) in [6, 6.07) is 0.192. The Morgan fingerprint density at radius 1 is 1.12 bits per heavy atom. The van der Waals surface area contributed by atoms with E-state index in [1.165, 1.54) is 12.8 Å². The van der Waals surface area contributed by atoms with E-state index in [0.717, 1.165) is 25.8 Å². The minimum absolute atomic E-state index is 0.192. The number of likely N-dealkylation sites (tertiary alicyclic amines) is 1. The van der Waals surface area contributed by atoms with E-state index in [9.17, 15) is 9.59 Å². The Hall–Kier alpha value is -0.860. The number of hydrogen-bond donors (Lipinski definition) is 0. The van der Waals surface area contributed by atoms with E-state index in [1.54, 1.807) is 6.92 Å². The zero-order chi connectivity index (χ0) is 11.5. The molecule has 2 fully saturated rings. The lowest BCUT2D eigenvalue weighted by Gasteiger charge is -2.35. The summed E-state index contributed by atoms with van der Waals surface area (Å²) >= 11 is 0. The van der Waals surface area contributed by atoms with Gasteiger partial charge in [0.05, 0.1) is 0 Å². The number of hydrogen-bond acceptors (Lipinski definition) is 2. The van der Waals surface area contributed by atoms with Crippen LogP contribution in [0.4, 0.5) is 0 Å². The molecule has 1 amide bonds. The number of Topliss-reactive ketones (excluding diaryl/α,β-unsaturated/α-hetero) is 1. The van der Waals surface area contributed by atoms with Crippen molar-refractivity contribution in [1.29, 1.82) is 0 Å². The van der Waals surface area contributed by atoms with Crippen molar-refractivity contribution in [3.63, 3.8) is 0 Å². The average molecular weight is 223 g/mol.